The number of carboxylic acids is 1. The highest BCUT2D eigenvalue weighted by Gasteiger charge is 2.51. The first kappa shape index (κ1) is 65.5. The fraction of sp³-hybridized carbons (Fsp3) is 0.586. The van der Waals surface area contributed by atoms with Crippen molar-refractivity contribution in [1.29, 1.82) is 0 Å². The van der Waals surface area contributed by atoms with Gasteiger partial charge in [-0.3, -0.25) is 19.2 Å². The first-order chi connectivity index (χ1) is 36.9. The molecule has 2 bridgehead atoms. The summed E-state index contributed by atoms with van der Waals surface area (Å²) >= 11 is 0. The van der Waals surface area contributed by atoms with Gasteiger partial charge in [0.05, 0.1) is 67.1 Å². The van der Waals surface area contributed by atoms with E-state index in [-0.39, 0.29) is 69.0 Å². The minimum atomic E-state index is -2.27. The molecule has 2 saturated heterocycles. The summed E-state index contributed by atoms with van der Waals surface area (Å²) in [6, 6.07) is 5.26. The predicted molar refractivity (Wildman–Crippen MR) is 289 cm³/mol. The number of aliphatic carboxylic acids is 1. The second-order valence-electron chi connectivity index (χ2n) is 21.0. The number of Topliss-reactive ketones (excluding diaryl/α,β-unsaturated/α-hetero) is 2. The van der Waals surface area contributed by atoms with Gasteiger partial charge in [0, 0.05) is 49.3 Å². The standard InChI is InChI=1S/C58H84N2O18/c1-35-17-14-12-10-8-6-4-5-7-9-11-13-15-20-46(76-57-54(71)52(60)53(70)37(3)75-57)32-49-51(56(72)73)48(68)34-58(74,78-49)33-45(66)28-41(62)19-16-18-40(61)27-43(64)29-44(65)31-50(69)77-55(35)36(2)21-26-42(63)30-47(67)38-22-24-39(59)25-23-38/h4-15,17,20,22-25,35-37,40-43,45-46,48-49,51-55,57,61-64,66,68,70-71,74H,16,18-19,21,26-34,59-60H2,1-3H3,(H,72,73)/b5-4+,8-6+,9-7+,12-10+,13-11+,17-14+,20-15+/t35?,36?,37-,40?,41?,42?,43?,45?,46?,48?,49?,51?,52+,53-,54+,55?,57+,58-/m1/s1. The van der Waals surface area contributed by atoms with Crippen molar-refractivity contribution in [2.24, 2.45) is 23.5 Å². The van der Waals surface area contributed by atoms with E-state index in [2.05, 4.69) is 0 Å². The number of carboxylic acid groups (broad SMARTS) is 1. The fourth-order valence-corrected chi connectivity index (χ4v) is 9.84. The van der Waals surface area contributed by atoms with Crippen LogP contribution in [0.2, 0.25) is 0 Å². The minimum Gasteiger partial charge on any atom is -0.481 e. The third kappa shape index (κ3) is 22.6. The molecule has 20 nitrogen and oxygen atoms in total. The normalized spacial score (nSPS) is 37.8. The van der Waals surface area contributed by atoms with E-state index in [0.717, 1.165) is 0 Å². The molecule has 2 fully saturated rings. The number of aliphatic hydroxyl groups excluding tert-OH is 8. The van der Waals surface area contributed by atoms with E-state index in [1.807, 2.05) is 19.9 Å². The molecule has 1 aromatic rings. The summed E-state index contributed by atoms with van der Waals surface area (Å²) in [7, 11) is 0. The van der Waals surface area contributed by atoms with Crippen LogP contribution in [0, 0.1) is 17.8 Å². The molecular weight excluding hydrogens is 1010 g/mol. The Morgan fingerprint density at radius 1 is 0.756 bits per heavy atom. The van der Waals surface area contributed by atoms with Crippen LogP contribution in [0.25, 0.3) is 0 Å². The lowest BCUT2D eigenvalue weighted by Crippen LogP contribution is -2.61. The van der Waals surface area contributed by atoms with E-state index in [1.165, 1.54) is 13.0 Å². The quantitative estimate of drug-likeness (QED) is 0.0692. The number of nitrogens with two attached hydrogens (primary N) is 2. The molecule has 14 N–H and O–H groups in total. The van der Waals surface area contributed by atoms with Crippen molar-refractivity contribution in [3.8, 4) is 0 Å². The molecule has 12 unspecified atom stereocenters. The van der Waals surface area contributed by atoms with Crippen molar-refractivity contribution in [2.45, 2.75) is 196 Å². The van der Waals surface area contributed by atoms with Crippen LogP contribution in [0.3, 0.4) is 0 Å². The Kier molecular flexibility index (Phi) is 27.6. The summed E-state index contributed by atoms with van der Waals surface area (Å²) < 4.78 is 23.7. The number of ether oxygens (including phenoxy) is 4. The van der Waals surface area contributed by atoms with Gasteiger partial charge in [-0.05, 0) is 82.1 Å². The number of hydrogen-bond donors (Lipinski definition) is 12. The molecule has 18 atom stereocenters. The highest BCUT2D eigenvalue weighted by atomic mass is 16.7. The third-order valence-corrected chi connectivity index (χ3v) is 14.1. The van der Waals surface area contributed by atoms with Gasteiger partial charge >= 0.3 is 11.9 Å². The molecule has 0 radical (unpaired) electrons. The zero-order valence-electron chi connectivity index (χ0n) is 44.8. The van der Waals surface area contributed by atoms with Gasteiger partial charge in [0.1, 0.15) is 30.3 Å². The lowest BCUT2D eigenvalue weighted by molar-refractivity contribution is -0.308. The number of benzene rings is 1. The highest BCUT2D eigenvalue weighted by molar-refractivity contribution is 5.96. The van der Waals surface area contributed by atoms with E-state index in [9.17, 15) is 70.2 Å². The Hall–Kier alpha value is -5.04. The van der Waals surface area contributed by atoms with Crippen LogP contribution in [0.4, 0.5) is 5.69 Å². The lowest BCUT2D eigenvalue weighted by Gasteiger charge is -2.45. The van der Waals surface area contributed by atoms with Gasteiger partial charge in [-0.2, -0.15) is 0 Å². The van der Waals surface area contributed by atoms with Crippen molar-refractivity contribution in [3.05, 3.63) is 115 Å². The number of allylic oxidation sites excluding steroid dienone is 12. The first-order valence-electron chi connectivity index (χ1n) is 26.9. The molecule has 0 amide bonds. The molecule has 3 heterocycles. The lowest BCUT2D eigenvalue weighted by atomic mass is 9.82. The van der Waals surface area contributed by atoms with Crippen molar-refractivity contribution >= 4 is 29.2 Å². The molecule has 0 aliphatic carbocycles. The summed E-state index contributed by atoms with van der Waals surface area (Å²) in [5.74, 6) is -7.63. The van der Waals surface area contributed by atoms with Gasteiger partial charge in [-0.25, -0.2) is 0 Å². The molecule has 3 aliphatic heterocycles. The summed E-state index contributed by atoms with van der Waals surface area (Å²) in [4.78, 5) is 51.6. The Labute approximate surface area is 456 Å². The zero-order chi connectivity index (χ0) is 57.5. The molecule has 20 heteroatoms. The number of anilines is 1. The molecule has 3 aliphatic rings. The Morgan fingerprint density at radius 2 is 1.32 bits per heavy atom. The molecule has 1 aromatic carbocycles. The highest BCUT2D eigenvalue weighted by Crippen LogP contribution is 2.38. The van der Waals surface area contributed by atoms with E-state index < -0.39 is 141 Å². The Balaban J connectivity index is 1.52. The fourth-order valence-electron chi connectivity index (χ4n) is 9.84. The molecule has 0 saturated carbocycles. The Morgan fingerprint density at radius 3 is 1.91 bits per heavy atom. The maximum absolute atomic E-state index is 13.3. The minimum absolute atomic E-state index is 0.0720. The van der Waals surface area contributed by atoms with Crippen LogP contribution in [-0.2, 0) is 33.3 Å². The second kappa shape index (κ2) is 32.9. The monoisotopic (exact) mass is 1100 g/mol. The maximum Gasteiger partial charge on any atom is 0.313 e. The maximum atomic E-state index is 13.3. The number of esters is 1. The predicted octanol–water partition coefficient (Wildman–Crippen LogP) is 3.32. The zero-order valence-corrected chi connectivity index (χ0v) is 44.8. The molecule has 0 spiro atoms. The van der Waals surface area contributed by atoms with Crippen molar-refractivity contribution in [2.75, 3.05) is 5.73 Å². The number of nitrogen functional groups attached to an aromatic ring is 1. The van der Waals surface area contributed by atoms with Gasteiger partial charge in [-0.15, -0.1) is 0 Å². The van der Waals surface area contributed by atoms with Crippen LogP contribution >= 0.6 is 0 Å². The van der Waals surface area contributed by atoms with Crippen LogP contribution < -0.4 is 11.5 Å². The average molecular weight is 1100 g/mol. The Bertz CT molecular complexity index is 2250. The van der Waals surface area contributed by atoms with Crippen molar-refractivity contribution < 1.29 is 89.2 Å². The van der Waals surface area contributed by atoms with Gasteiger partial charge in [0.15, 0.2) is 17.9 Å². The summed E-state index contributed by atoms with van der Waals surface area (Å²) in [6.07, 6.45) is 6.31. The second-order valence-corrected chi connectivity index (χ2v) is 21.0. The number of carbonyl (C=O) groups is 4. The number of hydrogen-bond acceptors (Lipinski definition) is 19. The number of carbonyl (C=O) groups excluding carboxylic acids is 3. The smallest absolute Gasteiger partial charge is 0.313 e. The number of ketones is 2. The van der Waals surface area contributed by atoms with Crippen LogP contribution in [0.15, 0.2) is 109 Å². The van der Waals surface area contributed by atoms with Crippen LogP contribution in [0.1, 0.15) is 115 Å². The van der Waals surface area contributed by atoms with E-state index >= 15 is 0 Å². The van der Waals surface area contributed by atoms with Crippen LogP contribution in [0.5, 0.6) is 0 Å². The molecule has 78 heavy (non-hydrogen) atoms. The van der Waals surface area contributed by atoms with Crippen molar-refractivity contribution in [1.82, 2.24) is 0 Å². The van der Waals surface area contributed by atoms with Crippen LogP contribution in [-0.4, -0.2) is 166 Å². The third-order valence-electron chi connectivity index (χ3n) is 14.1. The number of rotatable bonds is 10. The number of fused-ring (bicyclic) bond motifs is 2. The van der Waals surface area contributed by atoms with E-state index in [4.69, 9.17) is 30.4 Å². The summed E-state index contributed by atoms with van der Waals surface area (Å²) in [5.41, 5.74) is 12.7. The SMILES string of the molecule is CC1/C=C/C=C/C=C/C=C/C=C/C=C/C=C/C(O[C@@H]2O[C@H](C)[C@@H](O)[C@H](N)[C@@H]2O)CC2O[C@](O)(CC(O)CC(O)CCCC(O)CC(O)CC(=O)CC(=O)OC1C(C)CCC(O)CC(=O)c1ccc(N)cc1)CC(O)C2C(=O)O. The van der Waals surface area contributed by atoms with E-state index in [0.29, 0.717) is 17.7 Å². The van der Waals surface area contributed by atoms with Gasteiger partial charge in [0.25, 0.3) is 0 Å². The first-order valence-corrected chi connectivity index (χ1v) is 26.9. The van der Waals surface area contributed by atoms with Crippen molar-refractivity contribution in [3.63, 3.8) is 0 Å². The number of cyclic esters (lactones) is 1. The summed E-state index contributed by atoms with van der Waals surface area (Å²) in [5, 5.41) is 108. The average Bonchev–Trinajstić information content (AvgIpc) is 3.41. The topological polar surface area (TPSA) is 360 Å². The van der Waals surface area contributed by atoms with Gasteiger partial charge in [0.2, 0.25) is 0 Å². The van der Waals surface area contributed by atoms with Gasteiger partial charge < -0.3 is 81.5 Å². The largest absolute Gasteiger partial charge is 0.481 e. The molecule has 434 valence electrons. The van der Waals surface area contributed by atoms with E-state index in [1.54, 1.807) is 97.2 Å². The molecule has 4 rings (SSSR count). The molecular formula is C58H84N2O18. The van der Waals surface area contributed by atoms with Gasteiger partial charge in [-0.1, -0.05) is 98.9 Å². The molecule has 0 aromatic heterocycles. The summed E-state index contributed by atoms with van der Waals surface area (Å²) in [6.45, 7) is 5.23. The number of aliphatic hydroxyl groups is 9.